The van der Waals surface area contributed by atoms with Gasteiger partial charge in [-0.2, -0.15) is 14.3 Å². The molecule has 5 heteroatoms. The SMILES string of the molecule is CCCCCCCCCCCCCCCCOCCCO[P+](C)(O)O. The monoisotopic (exact) mass is 379 g/mol. The Bertz CT molecular complexity index is 257. The third kappa shape index (κ3) is 24.3. The third-order valence-electron chi connectivity index (χ3n) is 4.41. The Kier molecular flexibility index (Phi) is 19.2. The van der Waals surface area contributed by atoms with Crippen LogP contribution in [0.4, 0.5) is 0 Å². The lowest BCUT2D eigenvalue weighted by atomic mass is 10.0. The molecule has 0 aromatic carbocycles. The van der Waals surface area contributed by atoms with Gasteiger partial charge in [-0.05, 0) is 12.8 Å². The Morgan fingerprint density at radius 3 is 1.40 bits per heavy atom. The van der Waals surface area contributed by atoms with Crippen LogP contribution in [0.25, 0.3) is 0 Å². The van der Waals surface area contributed by atoms with E-state index in [1.165, 1.54) is 90.1 Å². The van der Waals surface area contributed by atoms with E-state index in [-0.39, 0.29) is 0 Å². The van der Waals surface area contributed by atoms with Crippen molar-refractivity contribution in [3.8, 4) is 0 Å². The average Bonchev–Trinajstić information content (AvgIpc) is 2.56. The topological polar surface area (TPSA) is 58.9 Å². The lowest BCUT2D eigenvalue weighted by Crippen LogP contribution is -2.03. The Hall–Kier alpha value is 0.270. The molecule has 4 nitrogen and oxygen atoms in total. The lowest BCUT2D eigenvalue weighted by molar-refractivity contribution is 0.111. The molecule has 0 atom stereocenters. The highest BCUT2D eigenvalue weighted by atomic mass is 31.2. The molecular formula is C20H44O4P+. The predicted molar refractivity (Wildman–Crippen MR) is 109 cm³/mol. The van der Waals surface area contributed by atoms with Gasteiger partial charge in [0.25, 0.3) is 0 Å². The van der Waals surface area contributed by atoms with Crippen molar-refractivity contribution in [2.45, 2.75) is 103 Å². The molecule has 0 bridgehead atoms. The molecule has 0 amide bonds. The highest BCUT2D eigenvalue weighted by molar-refractivity contribution is 7.58. The first kappa shape index (κ1) is 25.3. The fourth-order valence-electron chi connectivity index (χ4n) is 2.90. The highest BCUT2D eigenvalue weighted by Crippen LogP contribution is 2.46. The van der Waals surface area contributed by atoms with E-state index in [9.17, 15) is 0 Å². The van der Waals surface area contributed by atoms with E-state index >= 15 is 0 Å². The molecule has 0 radical (unpaired) electrons. The molecule has 0 fully saturated rings. The van der Waals surface area contributed by atoms with Crippen molar-refractivity contribution in [1.82, 2.24) is 0 Å². The highest BCUT2D eigenvalue weighted by Gasteiger charge is 2.26. The number of ether oxygens (including phenoxy) is 1. The van der Waals surface area contributed by atoms with Crippen LogP contribution in [0.1, 0.15) is 103 Å². The first-order chi connectivity index (χ1) is 12.1. The zero-order valence-corrected chi connectivity index (χ0v) is 17.8. The summed E-state index contributed by atoms with van der Waals surface area (Å²) < 4.78 is 10.4. The molecule has 0 aliphatic carbocycles. The average molecular weight is 380 g/mol. The normalized spacial score (nSPS) is 12.0. The molecule has 152 valence electrons. The van der Waals surface area contributed by atoms with Gasteiger partial charge in [0, 0.05) is 13.2 Å². The van der Waals surface area contributed by atoms with Crippen molar-refractivity contribution in [2.24, 2.45) is 0 Å². The lowest BCUT2D eigenvalue weighted by Gasteiger charge is -2.06. The summed E-state index contributed by atoms with van der Waals surface area (Å²) in [5, 5.41) is 0. The minimum Gasteiger partial charge on any atom is -0.381 e. The van der Waals surface area contributed by atoms with Crippen LogP contribution < -0.4 is 0 Å². The Labute approximate surface area is 157 Å². The summed E-state index contributed by atoms with van der Waals surface area (Å²) in [7, 11) is -3.06. The van der Waals surface area contributed by atoms with Crippen LogP contribution >= 0.6 is 7.94 Å². The van der Waals surface area contributed by atoms with E-state index in [0.717, 1.165) is 19.4 Å². The van der Waals surface area contributed by atoms with E-state index in [4.69, 9.17) is 19.0 Å². The standard InChI is InChI=1S/C20H44O4P/c1-3-4-5-6-7-8-9-10-11-12-13-14-15-16-18-23-19-17-20-24-25(2,21)22/h21-22H,3-20H2,1-2H3/q+1. The van der Waals surface area contributed by atoms with E-state index in [1.54, 1.807) is 0 Å². The molecule has 0 aromatic rings. The van der Waals surface area contributed by atoms with Crippen LogP contribution in [-0.4, -0.2) is 36.3 Å². The van der Waals surface area contributed by atoms with Crippen LogP contribution in [-0.2, 0) is 9.26 Å². The molecule has 0 saturated carbocycles. The van der Waals surface area contributed by atoms with Crippen molar-refractivity contribution >= 4 is 7.94 Å². The van der Waals surface area contributed by atoms with Gasteiger partial charge in [-0.15, -0.1) is 0 Å². The number of unbranched alkanes of at least 4 members (excludes halogenated alkanes) is 13. The van der Waals surface area contributed by atoms with E-state index in [2.05, 4.69) is 6.92 Å². The van der Waals surface area contributed by atoms with Crippen molar-refractivity contribution in [1.29, 1.82) is 0 Å². The molecular weight excluding hydrogens is 335 g/mol. The van der Waals surface area contributed by atoms with Gasteiger partial charge in [-0.25, -0.2) is 0 Å². The van der Waals surface area contributed by atoms with Gasteiger partial charge in [-0.1, -0.05) is 90.4 Å². The first-order valence-corrected chi connectivity index (χ1v) is 12.7. The quantitative estimate of drug-likeness (QED) is 0.193. The van der Waals surface area contributed by atoms with Gasteiger partial charge < -0.3 is 4.74 Å². The fraction of sp³-hybridized carbons (Fsp3) is 1.00. The summed E-state index contributed by atoms with van der Waals surface area (Å²) >= 11 is 0. The molecule has 2 N–H and O–H groups in total. The van der Waals surface area contributed by atoms with E-state index < -0.39 is 7.94 Å². The van der Waals surface area contributed by atoms with Crippen LogP contribution in [0.15, 0.2) is 0 Å². The number of rotatable bonds is 20. The summed E-state index contributed by atoms with van der Waals surface area (Å²) in [6, 6.07) is 0. The minimum atomic E-state index is -3.06. The van der Waals surface area contributed by atoms with Crippen molar-refractivity contribution < 1.29 is 19.0 Å². The third-order valence-corrected chi connectivity index (χ3v) is 5.08. The molecule has 0 rings (SSSR count). The van der Waals surface area contributed by atoms with Crippen molar-refractivity contribution in [3.63, 3.8) is 0 Å². The van der Waals surface area contributed by atoms with Gasteiger partial charge in [0.2, 0.25) is 0 Å². The molecule has 0 heterocycles. The van der Waals surface area contributed by atoms with Gasteiger partial charge in [-0.3, -0.25) is 0 Å². The second-order valence-corrected chi connectivity index (χ2v) is 9.16. The summed E-state index contributed by atoms with van der Waals surface area (Å²) in [5.41, 5.74) is 0. The molecule has 0 aromatic heterocycles. The maximum atomic E-state index is 9.06. The maximum Gasteiger partial charge on any atom is 0.403 e. The largest absolute Gasteiger partial charge is 0.403 e. The van der Waals surface area contributed by atoms with Gasteiger partial charge in [0.05, 0.1) is 6.61 Å². The fourth-order valence-corrected chi connectivity index (χ4v) is 3.37. The summed E-state index contributed by atoms with van der Waals surface area (Å²) in [6.07, 6.45) is 19.9. The zero-order valence-electron chi connectivity index (χ0n) is 16.9. The van der Waals surface area contributed by atoms with Crippen LogP contribution in [0, 0.1) is 0 Å². The molecule has 0 unspecified atom stereocenters. The predicted octanol–water partition coefficient (Wildman–Crippen LogP) is 6.27. The molecule has 25 heavy (non-hydrogen) atoms. The van der Waals surface area contributed by atoms with E-state index in [1.807, 2.05) is 0 Å². The molecule has 0 aliphatic rings. The van der Waals surface area contributed by atoms with Gasteiger partial charge in [0.15, 0.2) is 0 Å². The Balaban J connectivity index is 3.01. The van der Waals surface area contributed by atoms with Gasteiger partial charge in [0.1, 0.15) is 6.66 Å². The maximum absolute atomic E-state index is 9.06. The molecule has 0 spiro atoms. The zero-order chi connectivity index (χ0) is 18.6. The smallest absolute Gasteiger partial charge is 0.381 e. The summed E-state index contributed by atoms with van der Waals surface area (Å²) in [6.45, 7) is 5.40. The second-order valence-electron chi connectivity index (χ2n) is 7.23. The summed E-state index contributed by atoms with van der Waals surface area (Å²) in [4.78, 5) is 18.1. The van der Waals surface area contributed by atoms with E-state index in [0.29, 0.717) is 13.2 Å². The van der Waals surface area contributed by atoms with Crippen LogP contribution in [0.2, 0.25) is 0 Å². The molecule has 0 aliphatic heterocycles. The number of hydrogen-bond acceptors (Lipinski definition) is 4. The van der Waals surface area contributed by atoms with Gasteiger partial charge >= 0.3 is 7.94 Å². The second kappa shape index (κ2) is 19.0. The van der Waals surface area contributed by atoms with Crippen LogP contribution in [0.5, 0.6) is 0 Å². The van der Waals surface area contributed by atoms with Crippen LogP contribution in [0.3, 0.4) is 0 Å². The number of hydrogen-bond donors (Lipinski definition) is 2. The Morgan fingerprint density at radius 2 is 0.960 bits per heavy atom. The van der Waals surface area contributed by atoms with Crippen molar-refractivity contribution in [2.75, 3.05) is 26.5 Å². The summed E-state index contributed by atoms with van der Waals surface area (Å²) in [5.74, 6) is 0. The molecule has 0 saturated heterocycles. The Morgan fingerprint density at radius 1 is 0.560 bits per heavy atom. The first-order valence-electron chi connectivity index (χ1n) is 10.6. The van der Waals surface area contributed by atoms with Crippen molar-refractivity contribution in [3.05, 3.63) is 0 Å². The minimum absolute atomic E-state index is 0.357.